The highest BCUT2D eigenvalue weighted by Gasteiger charge is 2.34. The van der Waals surface area contributed by atoms with E-state index in [0.717, 1.165) is 16.8 Å². The maximum absolute atomic E-state index is 13.6. The van der Waals surface area contributed by atoms with Gasteiger partial charge in [0, 0.05) is 18.0 Å². The lowest BCUT2D eigenvalue weighted by atomic mass is 10.1. The minimum absolute atomic E-state index is 0.251. The Balaban J connectivity index is 1.68. The predicted molar refractivity (Wildman–Crippen MR) is 100 cm³/mol. The van der Waals surface area contributed by atoms with Crippen LogP contribution in [0.2, 0.25) is 0 Å². The molecule has 7 heteroatoms. The van der Waals surface area contributed by atoms with Crippen molar-refractivity contribution >= 4 is 22.4 Å². The standard InChI is InChI=1S/C21H14F3N3O/c22-21(23,24)18-13-17(27-11-3-10-25-27)8-9-19(18)26-20(28)16-7-6-14-4-1-2-5-15(14)12-16/h1-13H,(H,26,28). The molecule has 0 unspecified atom stereocenters. The Morgan fingerprint density at radius 1 is 0.929 bits per heavy atom. The van der Waals surface area contributed by atoms with Crippen molar-refractivity contribution in [2.24, 2.45) is 0 Å². The Bertz CT molecular complexity index is 1150. The third kappa shape index (κ3) is 3.46. The van der Waals surface area contributed by atoms with Crippen LogP contribution in [0.25, 0.3) is 16.5 Å². The van der Waals surface area contributed by atoms with E-state index < -0.39 is 17.6 Å². The summed E-state index contributed by atoms with van der Waals surface area (Å²) in [6.07, 6.45) is -1.61. The van der Waals surface area contributed by atoms with Crippen molar-refractivity contribution in [1.29, 1.82) is 0 Å². The van der Waals surface area contributed by atoms with E-state index in [4.69, 9.17) is 0 Å². The molecule has 0 bridgehead atoms. The number of nitrogens with one attached hydrogen (secondary N) is 1. The number of hydrogen-bond donors (Lipinski definition) is 1. The molecule has 28 heavy (non-hydrogen) atoms. The van der Waals surface area contributed by atoms with Gasteiger partial charge in [-0.05, 0) is 47.2 Å². The molecule has 0 aliphatic heterocycles. The monoisotopic (exact) mass is 381 g/mol. The number of carbonyl (C=O) groups is 1. The second kappa shape index (κ2) is 6.84. The molecule has 0 saturated carbocycles. The Labute approximate surface area is 158 Å². The van der Waals surface area contributed by atoms with E-state index in [0.29, 0.717) is 0 Å². The van der Waals surface area contributed by atoms with Gasteiger partial charge >= 0.3 is 6.18 Å². The Morgan fingerprint density at radius 3 is 2.43 bits per heavy atom. The summed E-state index contributed by atoms with van der Waals surface area (Å²) in [6, 6.07) is 17.7. The summed E-state index contributed by atoms with van der Waals surface area (Å²) < 4.78 is 42.0. The van der Waals surface area contributed by atoms with E-state index in [1.165, 1.54) is 23.0 Å². The summed E-state index contributed by atoms with van der Waals surface area (Å²) in [4.78, 5) is 12.6. The van der Waals surface area contributed by atoms with Crippen LogP contribution in [0.4, 0.5) is 18.9 Å². The van der Waals surface area contributed by atoms with Crippen molar-refractivity contribution in [2.75, 3.05) is 5.32 Å². The molecule has 0 aliphatic rings. The van der Waals surface area contributed by atoms with Crippen molar-refractivity contribution in [2.45, 2.75) is 6.18 Å². The summed E-state index contributed by atoms with van der Waals surface area (Å²) in [5.41, 5.74) is -0.708. The van der Waals surface area contributed by atoms with Gasteiger partial charge in [0.2, 0.25) is 0 Å². The number of amides is 1. The van der Waals surface area contributed by atoms with Gasteiger partial charge in [-0.15, -0.1) is 0 Å². The third-order valence-electron chi connectivity index (χ3n) is 4.34. The van der Waals surface area contributed by atoms with Crippen molar-refractivity contribution in [3.05, 3.63) is 90.3 Å². The van der Waals surface area contributed by atoms with Crippen LogP contribution in [0.15, 0.2) is 79.1 Å². The highest BCUT2D eigenvalue weighted by atomic mass is 19.4. The van der Waals surface area contributed by atoms with Crippen LogP contribution in [0.5, 0.6) is 0 Å². The van der Waals surface area contributed by atoms with Crippen LogP contribution in [0.3, 0.4) is 0 Å². The molecule has 0 radical (unpaired) electrons. The fraction of sp³-hybridized carbons (Fsp3) is 0.0476. The summed E-state index contributed by atoms with van der Waals surface area (Å²) in [5, 5.41) is 8.10. The number of anilines is 1. The lowest BCUT2D eigenvalue weighted by Gasteiger charge is -2.15. The average molecular weight is 381 g/mol. The quantitative estimate of drug-likeness (QED) is 0.524. The van der Waals surface area contributed by atoms with Crippen LogP contribution < -0.4 is 5.32 Å². The Morgan fingerprint density at radius 2 is 1.71 bits per heavy atom. The first kappa shape index (κ1) is 17.8. The number of hydrogen-bond acceptors (Lipinski definition) is 2. The van der Waals surface area contributed by atoms with Crippen LogP contribution in [-0.4, -0.2) is 15.7 Å². The SMILES string of the molecule is O=C(Nc1ccc(-n2cccn2)cc1C(F)(F)F)c1ccc2ccccc2c1. The topological polar surface area (TPSA) is 46.9 Å². The number of carbonyl (C=O) groups excluding carboxylic acids is 1. The van der Waals surface area contributed by atoms with Gasteiger partial charge in [-0.3, -0.25) is 4.79 Å². The largest absolute Gasteiger partial charge is 0.418 e. The fourth-order valence-corrected chi connectivity index (χ4v) is 2.96. The van der Waals surface area contributed by atoms with E-state index in [1.807, 2.05) is 24.3 Å². The van der Waals surface area contributed by atoms with Gasteiger partial charge < -0.3 is 5.32 Å². The van der Waals surface area contributed by atoms with Crippen molar-refractivity contribution < 1.29 is 18.0 Å². The van der Waals surface area contributed by atoms with E-state index in [2.05, 4.69) is 10.4 Å². The zero-order chi connectivity index (χ0) is 19.7. The van der Waals surface area contributed by atoms with Gasteiger partial charge in [0.25, 0.3) is 5.91 Å². The van der Waals surface area contributed by atoms with Gasteiger partial charge in [0.05, 0.1) is 16.9 Å². The normalized spacial score (nSPS) is 11.5. The number of fused-ring (bicyclic) bond motifs is 1. The molecule has 4 aromatic rings. The highest BCUT2D eigenvalue weighted by Crippen LogP contribution is 2.36. The molecule has 0 saturated heterocycles. The molecule has 0 fully saturated rings. The summed E-state index contributed by atoms with van der Waals surface area (Å²) in [6.45, 7) is 0. The van der Waals surface area contributed by atoms with Crippen LogP contribution in [0, 0.1) is 0 Å². The lowest BCUT2D eigenvalue weighted by molar-refractivity contribution is -0.136. The van der Waals surface area contributed by atoms with Crippen LogP contribution >= 0.6 is 0 Å². The molecule has 1 heterocycles. The molecule has 1 aromatic heterocycles. The fourth-order valence-electron chi connectivity index (χ4n) is 2.96. The number of benzene rings is 3. The zero-order valence-corrected chi connectivity index (χ0v) is 14.4. The first-order valence-electron chi connectivity index (χ1n) is 8.43. The lowest BCUT2D eigenvalue weighted by Crippen LogP contribution is -2.17. The third-order valence-corrected chi connectivity index (χ3v) is 4.34. The maximum Gasteiger partial charge on any atom is 0.418 e. The first-order chi connectivity index (χ1) is 13.4. The molecule has 4 nitrogen and oxygen atoms in total. The molecule has 0 aliphatic carbocycles. The molecule has 0 atom stereocenters. The predicted octanol–water partition coefficient (Wildman–Crippen LogP) is 5.30. The minimum atomic E-state index is -4.63. The highest BCUT2D eigenvalue weighted by molar-refractivity contribution is 6.06. The molecule has 140 valence electrons. The van der Waals surface area contributed by atoms with E-state index in [9.17, 15) is 18.0 Å². The van der Waals surface area contributed by atoms with Crippen molar-refractivity contribution in [3.63, 3.8) is 0 Å². The molecule has 0 spiro atoms. The number of rotatable bonds is 3. The van der Waals surface area contributed by atoms with Gasteiger partial charge in [0.1, 0.15) is 0 Å². The van der Waals surface area contributed by atoms with Crippen LogP contribution in [-0.2, 0) is 6.18 Å². The number of alkyl halides is 3. The van der Waals surface area contributed by atoms with Crippen molar-refractivity contribution in [3.8, 4) is 5.69 Å². The minimum Gasteiger partial charge on any atom is -0.321 e. The number of nitrogens with zero attached hydrogens (tertiary/aromatic N) is 2. The zero-order valence-electron chi connectivity index (χ0n) is 14.4. The molecule has 3 aromatic carbocycles. The van der Waals surface area contributed by atoms with E-state index >= 15 is 0 Å². The molecule has 1 amide bonds. The Hall–Kier alpha value is -3.61. The average Bonchev–Trinajstić information content (AvgIpc) is 3.22. The van der Waals surface area contributed by atoms with Crippen LogP contribution in [0.1, 0.15) is 15.9 Å². The molecular formula is C21H14F3N3O. The molecular weight excluding hydrogens is 367 g/mol. The summed E-state index contributed by atoms with van der Waals surface area (Å²) in [5.74, 6) is -0.608. The Kier molecular flexibility index (Phi) is 4.35. The van der Waals surface area contributed by atoms with Crippen molar-refractivity contribution in [1.82, 2.24) is 9.78 Å². The molecule has 1 N–H and O–H groups in total. The second-order valence-electron chi connectivity index (χ2n) is 6.19. The maximum atomic E-state index is 13.6. The van der Waals surface area contributed by atoms with Gasteiger partial charge in [-0.2, -0.15) is 18.3 Å². The van der Waals surface area contributed by atoms with Gasteiger partial charge in [-0.1, -0.05) is 30.3 Å². The smallest absolute Gasteiger partial charge is 0.321 e. The van der Waals surface area contributed by atoms with E-state index in [1.54, 1.807) is 30.5 Å². The summed E-state index contributed by atoms with van der Waals surface area (Å²) in [7, 11) is 0. The van der Waals surface area contributed by atoms with Gasteiger partial charge in [-0.25, -0.2) is 4.68 Å². The second-order valence-corrected chi connectivity index (χ2v) is 6.19. The first-order valence-corrected chi connectivity index (χ1v) is 8.43. The number of halogens is 3. The van der Waals surface area contributed by atoms with E-state index in [-0.39, 0.29) is 16.9 Å². The summed E-state index contributed by atoms with van der Waals surface area (Å²) >= 11 is 0. The van der Waals surface area contributed by atoms with Gasteiger partial charge in [0.15, 0.2) is 0 Å². The molecule has 4 rings (SSSR count). The number of aromatic nitrogens is 2.